The van der Waals surface area contributed by atoms with Crippen LogP contribution in [-0.2, 0) is 13.1 Å². The number of nitrogens with zero attached hydrogens (tertiary/aromatic N) is 1. The highest BCUT2D eigenvalue weighted by molar-refractivity contribution is 14.0. The van der Waals surface area contributed by atoms with Gasteiger partial charge in [0.1, 0.15) is 5.82 Å². The molecule has 0 fully saturated rings. The zero-order valence-electron chi connectivity index (χ0n) is 16.1. The quantitative estimate of drug-likeness (QED) is 0.300. The summed E-state index contributed by atoms with van der Waals surface area (Å²) in [5.74, 6) is 1.96. The molecule has 2 N–H and O–H groups in total. The highest BCUT2D eigenvalue weighted by Crippen LogP contribution is 2.38. The van der Waals surface area contributed by atoms with Gasteiger partial charge in [-0.3, -0.25) is 4.99 Å². The van der Waals surface area contributed by atoms with Crippen LogP contribution in [0.1, 0.15) is 11.1 Å². The maximum absolute atomic E-state index is 13.9. The number of benzene rings is 2. The van der Waals surface area contributed by atoms with Crippen LogP contribution in [0.15, 0.2) is 39.8 Å². The van der Waals surface area contributed by atoms with E-state index >= 15 is 0 Å². The van der Waals surface area contributed by atoms with Gasteiger partial charge in [-0.15, -0.1) is 24.0 Å². The molecule has 0 bridgehead atoms. The van der Waals surface area contributed by atoms with Crippen molar-refractivity contribution in [1.29, 1.82) is 0 Å². The maximum Gasteiger partial charge on any atom is 0.203 e. The molecule has 2 aromatic rings. The SMILES string of the molecule is CN=C(NCc1cc(OC)c(OC)c(OC)c1)NCc1ccc(Br)cc1F.I. The third-order valence-corrected chi connectivity index (χ3v) is 4.36. The van der Waals surface area contributed by atoms with Gasteiger partial charge in [-0.2, -0.15) is 0 Å². The normalized spacial score (nSPS) is 10.7. The number of ether oxygens (including phenoxy) is 3. The van der Waals surface area contributed by atoms with Crippen molar-refractivity contribution in [3.63, 3.8) is 0 Å². The fourth-order valence-electron chi connectivity index (χ4n) is 2.49. The van der Waals surface area contributed by atoms with Gasteiger partial charge in [0.05, 0.1) is 21.3 Å². The van der Waals surface area contributed by atoms with Crippen LogP contribution in [-0.4, -0.2) is 34.3 Å². The van der Waals surface area contributed by atoms with Crippen LogP contribution in [0, 0.1) is 5.82 Å². The van der Waals surface area contributed by atoms with Crippen molar-refractivity contribution in [2.45, 2.75) is 13.1 Å². The fraction of sp³-hybridized carbons (Fsp3) is 0.316. The molecule has 0 atom stereocenters. The second-order valence-electron chi connectivity index (χ2n) is 5.55. The van der Waals surface area contributed by atoms with E-state index in [0.29, 0.717) is 46.3 Å². The zero-order valence-corrected chi connectivity index (χ0v) is 20.1. The average molecular weight is 568 g/mol. The minimum atomic E-state index is -0.281. The largest absolute Gasteiger partial charge is 0.493 e. The van der Waals surface area contributed by atoms with Gasteiger partial charge in [0.15, 0.2) is 17.5 Å². The van der Waals surface area contributed by atoms with Gasteiger partial charge >= 0.3 is 0 Å². The van der Waals surface area contributed by atoms with Crippen molar-refractivity contribution in [3.8, 4) is 17.2 Å². The lowest BCUT2D eigenvalue weighted by atomic mass is 10.2. The van der Waals surface area contributed by atoms with Gasteiger partial charge in [-0.1, -0.05) is 22.0 Å². The Morgan fingerprint density at radius 2 is 1.61 bits per heavy atom. The molecule has 0 aromatic heterocycles. The van der Waals surface area contributed by atoms with Crippen molar-refractivity contribution in [3.05, 3.63) is 51.7 Å². The summed E-state index contributed by atoms with van der Waals surface area (Å²) in [5.41, 5.74) is 1.47. The highest BCUT2D eigenvalue weighted by atomic mass is 127. The van der Waals surface area contributed by atoms with Crippen LogP contribution >= 0.6 is 39.9 Å². The maximum atomic E-state index is 13.9. The Bertz CT molecular complexity index is 796. The lowest BCUT2D eigenvalue weighted by Crippen LogP contribution is -2.36. The van der Waals surface area contributed by atoms with Crippen LogP contribution < -0.4 is 24.8 Å². The summed E-state index contributed by atoms with van der Waals surface area (Å²) >= 11 is 3.25. The van der Waals surface area contributed by atoms with Crippen LogP contribution in [0.3, 0.4) is 0 Å². The molecule has 0 spiro atoms. The second-order valence-corrected chi connectivity index (χ2v) is 6.46. The topological polar surface area (TPSA) is 64.1 Å². The smallest absolute Gasteiger partial charge is 0.203 e. The molecule has 9 heteroatoms. The standard InChI is InChI=1S/C19H23BrFN3O3.HI/c1-22-19(24-11-13-5-6-14(20)9-15(13)21)23-10-12-7-16(25-2)18(27-4)17(8-12)26-3;/h5-9H,10-11H2,1-4H3,(H2,22,23,24);1H. The Morgan fingerprint density at radius 1 is 1.00 bits per heavy atom. The molecule has 2 rings (SSSR count). The Balaban J connectivity index is 0.00000392. The van der Waals surface area contributed by atoms with Crippen molar-refractivity contribution in [2.75, 3.05) is 28.4 Å². The van der Waals surface area contributed by atoms with E-state index in [9.17, 15) is 4.39 Å². The lowest BCUT2D eigenvalue weighted by Gasteiger charge is -2.16. The lowest BCUT2D eigenvalue weighted by molar-refractivity contribution is 0.323. The van der Waals surface area contributed by atoms with Crippen LogP contribution in [0.4, 0.5) is 4.39 Å². The molecule has 0 aliphatic rings. The molecule has 0 amide bonds. The van der Waals surface area contributed by atoms with Crippen molar-refractivity contribution in [2.24, 2.45) is 4.99 Å². The first-order chi connectivity index (χ1) is 13.0. The summed E-state index contributed by atoms with van der Waals surface area (Å²) in [4.78, 5) is 4.16. The average Bonchev–Trinajstić information content (AvgIpc) is 2.68. The Kier molecular flexibility index (Phi) is 10.4. The predicted molar refractivity (Wildman–Crippen MR) is 123 cm³/mol. The van der Waals surface area contributed by atoms with E-state index in [0.717, 1.165) is 5.56 Å². The molecular weight excluding hydrogens is 544 g/mol. The van der Waals surface area contributed by atoms with E-state index < -0.39 is 0 Å². The molecule has 0 aliphatic heterocycles. The molecule has 0 unspecified atom stereocenters. The van der Waals surface area contributed by atoms with E-state index in [1.165, 1.54) is 6.07 Å². The number of rotatable bonds is 7. The molecule has 0 radical (unpaired) electrons. The van der Waals surface area contributed by atoms with Gasteiger partial charge in [0.2, 0.25) is 5.75 Å². The first kappa shape index (κ1) is 24.3. The molecule has 0 saturated carbocycles. The van der Waals surface area contributed by atoms with Gasteiger partial charge in [-0.05, 0) is 29.8 Å². The van der Waals surface area contributed by atoms with Crippen molar-refractivity contribution < 1.29 is 18.6 Å². The number of guanidine groups is 1. The van der Waals surface area contributed by atoms with Crippen LogP contribution in [0.5, 0.6) is 17.2 Å². The number of hydrogen-bond donors (Lipinski definition) is 2. The molecule has 6 nitrogen and oxygen atoms in total. The van der Waals surface area contributed by atoms with E-state index in [4.69, 9.17) is 14.2 Å². The van der Waals surface area contributed by atoms with Crippen LogP contribution in [0.2, 0.25) is 0 Å². The summed E-state index contributed by atoms with van der Waals surface area (Å²) in [7, 11) is 6.36. The third-order valence-electron chi connectivity index (χ3n) is 3.87. The first-order valence-electron chi connectivity index (χ1n) is 8.19. The Morgan fingerprint density at radius 3 is 2.11 bits per heavy atom. The molecular formula is C19H24BrFIN3O3. The third kappa shape index (κ3) is 6.40. The summed E-state index contributed by atoms with van der Waals surface area (Å²) in [5, 5.41) is 6.27. The van der Waals surface area contributed by atoms with Crippen LogP contribution in [0.25, 0.3) is 0 Å². The monoisotopic (exact) mass is 567 g/mol. The van der Waals surface area contributed by atoms with Gasteiger partial charge in [-0.25, -0.2) is 4.39 Å². The van der Waals surface area contributed by atoms with E-state index in [2.05, 4.69) is 31.6 Å². The number of nitrogens with one attached hydrogen (secondary N) is 2. The van der Waals surface area contributed by atoms with Crippen molar-refractivity contribution >= 4 is 45.9 Å². The predicted octanol–water partition coefficient (Wildman–Crippen LogP) is 4.10. The summed E-state index contributed by atoms with van der Waals surface area (Å²) in [6, 6.07) is 8.67. The number of hydrogen-bond acceptors (Lipinski definition) is 4. The highest BCUT2D eigenvalue weighted by Gasteiger charge is 2.13. The summed E-state index contributed by atoms with van der Waals surface area (Å²) in [6.45, 7) is 0.785. The van der Waals surface area contributed by atoms with E-state index in [1.54, 1.807) is 40.5 Å². The van der Waals surface area contributed by atoms with E-state index in [1.807, 2.05) is 12.1 Å². The Hall–Kier alpha value is -1.75. The molecule has 28 heavy (non-hydrogen) atoms. The minimum absolute atomic E-state index is 0. The summed E-state index contributed by atoms with van der Waals surface area (Å²) in [6.07, 6.45) is 0. The second kappa shape index (κ2) is 11.9. The molecule has 0 heterocycles. The van der Waals surface area contributed by atoms with Gasteiger partial charge in [0, 0.05) is 30.2 Å². The summed E-state index contributed by atoms with van der Waals surface area (Å²) < 4.78 is 30.7. The fourth-order valence-corrected chi connectivity index (χ4v) is 2.82. The van der Waals surface area contributed by atoms with Crippen molar-refractivity contribution in [1.82, 2.24) is 10.6 Å². The number of methoxy groups -OCH3 is 3. The first-order valence-corrected chi connectivity index (χ1v) is 8.99. The Labute approximate surface area is 190 Å². The molecule has 0 saturated heterocycles. The molecule has 154 valence electrons. The number of halogens is 3. The zero-order chi connectivity index (χ0) is 19.8. The van der Waals surface area contributed by atoms with Gasteiger partial charge in [0.25, 0.3) is 0 Å². The van der Waals surface area contributed by atoms with Gasteiger partial charge < -0.3 is 24.8 Å². The minimum Gasteiger partial charge on any atom is -0.493 e. The number of aliphatic imine (C=N–C) groups is 1. The molecule has 2 aromatic carbocycles. The van der Waals surface area contributed by atoms with E-state index in [-0.39, 0.29) is 29.8 Å². The molecule has 0 aliphatic carbocycles.